The lowest BCUT2D eigenvalue weighted by Gasteiger charge is -2.16. The Hall–Kier alpha value is -2.04. The largest absolute Gasteiger partial charge is 0.463 e. The van der Waals surface area contributed by atoms with Crippen molar-refractivity contribution in [2.24, 2.45) is 0 Å². The van der Waals surface area contributed by atoms with E-state index in [-0.39, 0.29) is 13.0 Å². The van der Waals surface area contributed by atoms with E-state index in [0.717, 1.165) is 12.8 Å². The number of aromatic nitrogens is 2. The standard InChI is InChI=1S/C31H53FN2O7/c1-2-3-4-5-6-7-8-9-10-11-12-13-14-15-16-17-18-19-20-21-26(35)40-23-25-27(36)28(37)30(41-25)34-22-24(32)29(38)33-31(34)39/h22,25,27-28,30,36-37H,2-21,23H2,1H3,(H,33,38,39)/t25-,27-,28-,30-/m1/s1. The molecule has 0 aromatic carbocycles. The van der Waals surface area contributed by atoms with Gasteiger partial charge in [0.15, 0.2) is 6.23 Å². The number of aromatic amines is 1. The van der Waals surface area contributed by atoms with Crippen LogP contribution in [0.2, 0.25) is 0 Å². The van der Waals surface area contributed by atoms with Crippen molar-refractivity contribution >= 4 is 5.97 Å². The Morgan fingerprint density at radius 1 is 0.829 bits per heavy atom. The van der Waals surface area contributed by atoms with Crippen LogP contribution in [0.1, 0.15) is 142 Å². The number of carbonyl (C=O) groups excluding carboxylic acids is 1. The Morgan fingerprint density at radius 3 is 1.78 bits per heavy atom. The Kier molecular flexibility index (Phi) is 17.8. The first kappa shape index (κ1) is 35.2. The van der Waals surface area contributed by atoms with Crippen molar-refractivity contribution in [1.29, 1.82) is 0 Å². The molecule has 0 bridgehead atoms. The SMILES string of the molecule is CCCCCCCCCCCCCCCCCCCCCC(=O)OC[C@H]1O[C@@H](n2cc(F)c(=O)[nH]c2=O)[C@H](O)[C@@H]1O. The third-order valence-electron chi connectivity index (χ3n) is 7.93. The number of esters is 1. The van der Waals surface area contributed by atoms with E-state index in [2.05, 4.69) is 6.92 Å². The van der Waals surface area contributed by atoms with Crippen molar-refractivity contribution in [3.05, 3.63) is 32.9 Å². The molecule has 1 aromatic heterocycles. The number of carbonyl (C=O) groups is 1. The molecule has 2 heterocycles. The van der Waals surface area contributed by atoms with Crippen molar-refractivity contribution in [3.8, 4) is 0 Å². The Balaban J connectivity index is 1.42. The van der Waals surface area contributed by atoms with Gasteiger partial charge in [-0.05, 0) is 6.42 Å². The number of nitrogens with one attached hydrogen (secondary N) is 1. The molecule has 10 heteroatoms. The molecule has 0 saturated carbocycles. The third kappa shape index (κ3) is 13.7. The van der Waals surface area contributed by atoms with Crippen LogP contribution in [0, 0.1) is 5.82 Å². The van der Waals surface area contributed by atoms with E-state index in [4.69, 9.17) is 9.47 Å². The number of ether oxygens (including phenoxy) is 2. The van der Waals surface area contributed by atoms with Gasteiger partial charge >= 0.3 is 11.7 Å². The zero-order valence-electron chi connectivity index (χ0n) is 25.0. The normalized spacial score (nSPS) is 20.5. The average molecular weight is 585 g/mol. The molecule has 0 amide bonds. The van der Waals surface area contributed by atoms with Crippen LogP contribution >= 0.6 is 0 Å². The lowest BCUT2D eigenvalue weighted by Crippen LogP contribution is -2.38. The number of nitrogens with zero attached hydrogens (tertiary/aromatic N) is 1. The molecule has 1 aliphatic heterocycles. The van der Waals surface area contributed by atoms with E-state index in [1.807, 2.05) is 0 Å². The fourth-order valence-corrected chi connectivity index (χ4v) is 5.34. The number of aliphatic hydroxyl groups is 2. The number of hydrogen-bond acceptors (Lipinski definition) is 7. The molecule has 1 fully saturated rings. The second kappa shape index (κ2) is 20.8. The summed E-state index contributed by atoms with van der Waals surface area (Å²) in [6, 6.07) is 0. The van der Waals surface area contributed by atoms with Crippen LogP contribution in [0.3, 0.4) is 0 Å². The molecule has 1 saturated heterocycles. The van der Waals surface area contributed by atoms with Gasteiger partial charge in [0.1, 0.15) is 24.9 Å². The molecule has 1 aromatic rings. The van der Waals surface area contributed by atoms with Crippen molar-refractivity contribution in [3.63, 3.8) is 0 Å². The van der Waals surface area contributed by atoms with Crippen LogP contribution < -0.4 is 11.2 Å². The molecule has 4 atom stereocenters. The number of H-pyrrole nitrogens is 1. The lowest BCUT2D eigenvalue weighted by atomic mass is 10.0. The van der Waals surface area contributed by atoms with Crippen LogP contribution in [0.15, 0.2) is 15.8 Å². The summed E-state index contributed by atoms with van der Waals surface area (Å²) in [5.41, 5.74) is -2.19. The minimum absolute atomic E-state index is 0.248. The fourth-order valence-electron chi connectivity index (χ4n) is 5.34. The van der Waals surface area contributed by atoms with Crippen LogP contribution in [0.5, 0.6) is 0 Å². The minimum atomic E-state index is -1.57. The van der Waals surface area contributed by atoms with Gasteiger partial charge in [0, 0.05) is 6.42 Å². The minimum Gasteiger partial charge on any atom is -0.463 e. The number of hydrogen-bond donors (Lipinski definition) is 3. The zero-order valence-corrected chi connectivity index (χ0v) is 25.0. The van der Waals surface area contributed by atoms with Gasteiger partial charge in [-0.2, -0.15) is 4.39 Å². The van der Waals surface area contributed by atoms with E-state index < -0.39 is 47.6 Å². The smallest absolute Gasteiger partial charge is 0.330 e. The highest BCUT2D eigenvalue weighted by atomic mass is 19.1. The van der Waals surface area contributed by atoms with Crippen molar-refractivity contribution in [1.82, 2.24) is 9.55 Å². The monoisotopic (exact) mass is 584 g/mol. The summed E-state index contributed by atoms with van der Waals surface area (Å²) in [7, 11) is 0. The number of rotatable bonds is 23. The van der Waals surface area contributed by atoms with Crippen LogP contribution in [0.25, 0.3) is 0 Å². The highest BCUT2D eigenvalue weighted by Gasteiger charge is 2.44. The van der Waals surface area contributed by atoms with E-state index >= 15 is 0 Å². The van der Waals surface area contributed by atoms with Gasteiger partial charge in [-0.3, -0.25) is 19.1 Å². The molecule has 1 aliphatic rings. The summed E-state index contributed by atoms with van der Waals surface area (Å²) in [5.74, 6) is -1.66. The molecule has 41 heavy (non-hydrogen) atoms. The third-order valence-corrected chi connectivity index (χ3v) is 7.93. The van der Waals surface area contributed by atoms with Gasteiger partial charge in [0.2, 0.25) is 5.82 Å². The molecule has 3 N–H and O–H groups in total. The van der Waals surface area contributed by atoms with E-state index in [1.54, 1.807) is 4.98 Å². The molecule has 2 rings (SSSR count). The van der Waals surface area contributed by atoms with Crippen LogP contribution in [0.4, 0.5) is 4.39 Å². The maximum Gasteiger partial charge on any atom is 0.330 e. The summed E-state index contributed by atoms with van der Waals surface area (Å²) >= 11 is 0. The Labute approximate surface area is 243 Å². The van der Waals surface area contributed by atoms with Crippen molar-refractivity contribution in [2.45, 2.75) is 160 Å². The topological polar surface area (TPSA) is 131 Å². The first-order valence-electron chi connectivity index (χ1n) is 16.0. The predicted octanol–water partition coefficient (Wildman–Crippen LogP) is 5.66. The molecule has 0 spiro atoms. The van der Waals surface area contributed by atoms with Gasteiger partial charge in [-0.15, -0.1) is 0 Å². The highest BCUT2D eigenvalue weighted by Crippen LogP contribution is 2.28. The quantitative estimate of drug-likeness (QED) is 0.112. The summed E-state index contributed by atoms with van der Waals surface area (Å²) in [6.45, 7) is 1.95. The highest BCUT2D eigenvalue weighted by molar-refractivity contribution is 5.69. The van der Waals surface area contributed by atoms with Crippen LogP contribution in [-0.4, -0.2) is 50.7 Å². The molecule has 9 nitrogen and oxygen atoms in total. The molecular weight excluding hydrogens is 531 g/mol. The number of unbranched alkanes of at least 4 members (excludes halogenated alkanes) is 18. The Morgan fingerprint density at radius 2 is 1.29 bits per heavy atom. The summed E-state index contributed by atoms with van der Waals surface area (Å²) < 4.78 is 24.9. The number of aliphatic hydroxyl groups excluding tert-OH is 2. The van der Waals surface area contributed by atoms with Gasteiger partial charge < -0.3 is 19.7 Å². The second-order valence-corrected chi connectivity index (χ2v) is 11.5. The fraction of sp³-hybridized carbons (Fsp3) is 0.839. The summed E-state index contributed by atoms with van der Waals surface area (Å²) in [5, 5.41) is 20.4. The summed E-state index contributed by atoms with van der Waals surface area (Å²) in [4.78, 5) is 37.0. The number of halogens is 1. The first-order valence-corrected chi connectivity index (χ1v) is 16.0. The summed E-state index contributed by atoms with van der Waals surface area (Å²) in [6.07, 6.45) is 19.6. The van der Waals surface area contributed by atoms with E-state index in [1.165, 1.54) is 103 Å². The van der Waals surface area contributed by atoms with Crippen LogP contribution in [-0.2, 0) is 14.3 Å². The maximum absolute atomic E-state index is 13.6. The molecule has 236 valence electrons. The average Bonchev–Trinajstić information content (AvgIpc) is 3.23. The zero-order chi connectivity index (χ0) is 29.9. The first-order chi connectivity index (χ1) is 19.8. The molecule has 0 unspecified atom stereocenters. The molecule has 0 aliphatic carbocycles. The van der Waals surface area contributed by atoms with Gasteiger partial charge in [-0.1, -0.05) is 122 Å². The van der Waals surface area contributed by atoms with E-state index in [0.29, 0.717) is 17.2 Å². The van der Waals surface area contributed by atoms with Crippen molar-refractivity contribution in [2.75, 3.05) is 6.61 Å². The predicted molar refractivity (Wildman–Crippen MR) is 156 cm³/mol. The Bertz CT molecular complexity index is 967. The molecule has 0 radical (unpaired) electrons. The maximum atomic E-state index is 13.6. The molecular formula is C31H53FN2O7. The van der Waals surface area contributed by atoms with Gasteiger partial charge in [0.05, 0.1) is 6.20 Å². The van der Waals surface area contributed by atoms with Gasteiger partial charge in [-0.25, -0.2) is 4.79 Å². The van der Waals surface area contributed by atoms with E-state index in [9.17, 15) is 29.0 Å². The van der Waals surface area contributed by atoms with Crippen molar-refractivity contribution < 1.29 is 28.9 Å². The van der Waals surface area contributed by atoms with Gasteiger partial charge in [0.25, 0.3) is 5.56 Å². The lowest BCUT2D eigenvalue weighted by molar-refractivity contribution is -0.150. The second-order valence-electron chi connectivity index (χ2n) is 11.5.